The van der Waals surface area contributed by atoms with Crippen molar-refractivity contribution in [1.29, 1.82) is 0 Å². The molecule has 2 heterocycles. The van der Waals surface area contributed by atoms with Crippen LogP contribution in [0.5, 0.6) is 11.5 Å². The number of thiophene rings is 1. The van der Waals surface area contributed by atoms with E-state index in [-0.39, 0.29) is 5.91 Å². The van der Waals surface area contributed by atoms with Gasteiger partial charge in [0.05, 0.1) is 24.2 Å². The summed E-state index contributed by atoms with van der Waals surface area (Å²) >= 11 is 3.02. The standard InChI is InChI=1S/C20H22N2O3S2/c1-3-10-22(20(23)18-5-4-11-26-18)12-15-14-27-19(21-15)13-25-17-8-6-16(24-2)7-9-17/h4-9,11,14H,3,10,12-13H2,1-2H3. The zero-order valence-corrected chi connectivity index (χ0v) is 17.0. The highest BCUT2D eigenvalue weighted by molar-refractivity contribution is 7.12. The highest BCUT2D eigenvalue weighted by atomic mass is 32.1. The summed E-state index contributed by atoms with van der Waals surface area (Å²) in [6.45, 7) is 3.71. The molecule has 3 rings (SSSR count). The fourth-order valence-electron chi connectivity index (χ4n) is 2.58. The smallest absolute Gasteiger partial charge is 0.264 e. The molecule has 3 aromatic rings. The zero-order valence-electron chi connectivity index (χ0n) is 15.4. The van der Waals surface area contributed by atoms with Crippen molar-refractivity contribution in [2.24, 2.45) is 0 Å². The van der Waals surface area contributed by atoms with Gasteiger partial charge in [-0.1, -0.05) is 13.0 Å². The van der Waals surface area contributed by atoms with E-state index in [2.05, 4.69) is 11.9 Å². The minimum atomic E-state index is 0.0656. The normalized spacial score (nSPS) is 10.6. The second kappa shape index (κ2) is 9.53. The lowest BCUT2D eigenvalue weighted by Crippen LogP contribution is -2.30. The number of amides is 1. The number of carbonyl (C=O) groups excluding carboxylic acids is 1. The predicted octanol–water partition coefficient (Wildman–Crippen LogP) is 4.84. The van der Waals surface area contributed by atoms with E-state index in [4.69, 9.17) is 9.47 Å². The van der Waals surface area contributed by atoms with Gasteiger partial charge >= 0.3 is 0 Å². The van der Waals surface area contributed by atoms with E-state index in [0.717, 1.165) is 33.5 Å². The minimum absolute atomic E-state index is 0.0656. The third-order valence-electron chi connectivity index (χ3n) is 3.89. The van der Waals surface area contributed by atoms with E-state index >= 15 is 0 Å². The average Bonchev–Trinajstić information content (AvgIpc) is 3.38. The van der Waals surface area contributed by atoms with Gasteiger partial charge in [0.25, 0.3) is 5.91 Å². The van der Waals surface area contributed by atoms with Crippen LogP contribution in [0, 0.1) is 0 Å². The number of aromatic nitrogens is 1. The van der Waals surface area contributed by atoms with Crippen LogP contribution in [0.1, 0.15) is 33.7 Å². The number of thiazole rings is 1. The first-order valence-electron chi connectivity index (χ1n) is 8.72. The van der Waals surface area contributed by atoms with Crippen LogP contribution in [0.2, 0.25) is 0 Å². The van der Waals surface area contributed by atoms with Gasteiger partial charge in [0.15, 0.2) is 0 Å². The third-order valence-corrected chi connectivity index (χ3v) is 5.62. The molecule has 142 valence electrons. The summed E-state index contributed by atoms with van der Waals surface area (Å²) in [6, 6.07) is 11.2. The van der Waals surface area contributed by atoms with Crippen LogP contribution in [0.15, 0.2) is 47.2 Å². The molecule has 27 heavy (non-hydrogen) atoms. The average molecular weight is 403 g/mol. The van der Waals surface area contributed by atoms with E-state index < -0.39 is 0 Å². The Morgan fingerprint density at radius 3 is 2.59 bits per heavy atom. The minimum Gasteiger partial charge on any atom is -0.497 e. The van der Waals surface area contributed by atoms with Gasteiger partial charge < -0.3 is 14.4 Å². The van der Waals surface area contributed by atoms with Crippen LogP contribution in [0.4, 0.5) is 0 Å². The highest BCUT2D eigenvalue weighted by Crippen LogP contribution is 2.20. The molecule has 0 radical (unpaired) electrons. The van der Waals surface area contributed by atoms with Crippen molar-refractivity contribution < 1.29 is 14.3 Å². The molecule has 5 nitrogen and oxygen atoms in total. The number of hydrogen-bond acceptors (Lipinski definition) is 6. The molecule has 7 heteroatoms. The first-order valence-corrected chi connectivity index (χ1v) is 10.5. The van der Waals surface area contributed by atoms with Crippen molar-refractivity contribution in [2.45, 2.75) is 26.5 Å². The summed E-state index contributed by atoms with van der Waals surface area (Å²) in [5.41, 5.74) is 0.895. The molecule has 1 aromatic carbocycles. The number of benzene rings is 1. The molecule has 0 aliphatic rings. The number of rotatable bonds is 9. The molecule has 1 amide bonds. The number of nitrogens with zero attached hydrogens (tertiary/aromatic N) is 2. The van der Waals surface area contributed by atoms with Crippen LogP contribution in [-0.2, 0) is 13.2 Å². The largest absolute Gasteiger partial charge is 0.497 e. The van der Waals surface area contributed by atoms with Gasteiger partial charge in [0.2, 0.25) is 0 Å². The summed E-state index contributed by atoms with van der Waals surface area (Å²) in [5, 5.41) is 4.81. The zero-order chi connectivity index (χ0) is 19.1. The fourth-order valence-corrected chi connectivity index (χ4v) is 3.97. The molecule has 0 aliphatic heterocycles. The Bertz CT molecular complexity index is 845. The van der Waals surface area contributed by atoms with E-state index in [1.165, 1.54) is 11.3 Å². The van der Waals surface area contributed by atoms with Gasteiger partial charge in [-0.05, 0) is 42.1 Å². The SMILES string of the molecule is CCCN(Cc1csc(COc2ccc(OC)cc2)n1)C(=O)c1cccs1. The molecule has 0 spiro atoms. The number of carbonyl (C=O) groups is 1. The molecule has 0 saturated carbocycles. The van der Waals surface area contributed by atoms with Gasteiger partial charge in [0, 0.05) is 11.9 Å². The van der Waals surface area contributed by atoms with Crippen LogP contribution in [0.25, 0.3) is 0 Å². The second-order valence-electron chi connectivity index (χ2n) is 5.90. The van der Waals surface area contributed by atoms with Crippen molar-refractivity contribution in [2.75, 3.05) is 13.7 Å². The molecule has 0 N–H and O–H groups in total. The first kappa shape index (κ1) is 19.4. The molecule has 0 saturated heterocycles. The van der Waals surface area contributed by atoms with Gasteiger partial charge in [-0.25, -0.2) is 4.98 Å². The molecule has 0 fully saturated rings. The summed E-state index contributed by atoms with van der Waals surface area (Å²) in [4.78, 5) is 19.9. The predicted molar refractivity (Wildman–Crippen MR) is 109 cm³/mol. The summed E-state index contributed by atoms with van der Waals surface area (Å²) < 4.78 is 10.9. The molecule has 2 aromatic heterocycles. The molecule has 0 bridgehead atoms. The van der Waals surface area contributed by atoms with Crippen LogP contribution in [-0.4, -0.2) is 29.4 Å². The summed E-state index contributed by atoms with van der Waals surface area (Å²) in [7, 11) is 1.64. The van der Waals surface area contributed by atoms with Crippen molar-refractivity contribution in [3.63, 3.8) is 0 Å². The number of methoxy groups -OCH3 is 1. The monoisotopic (exact) mass is 402 g/mol. The van der Waals surface area contributed by atoms with Crippen molar-refractivity contribution >= 4 is 28.6 Å². The van der Waals surface area contributed by atoms with Crippen molar-refractivity contribution in [1.82, 2.24) is 9.88 Å². The van der Waals surface area contributed by atoms with Gasteiger partial charge in [-0.15, -0.1) is 22.7 Å². The third kappa shape index (κ3) is 5.30. The van der Waals surface area contributed by atoms with Crippen LogP contribution in [0.3, 0.4) is 0 Å². The Labute approximate surface area is 167 Å². The van der Waals surface area contributed by atoms with E-state index in [1.807, 2.05) is 52.1 Å². The van der Waals surface area contributed by atoms with Gasteiger partial charge in [-0.2, -0.15) is 0 Å². The summed E-state index contributed by atoms with van der Waals surface area (Å²) in [6.07, 6.45) is 0.911. The topological polar surface area (TPSA) is 51.7 Å². The summed E-state index contributed by atoms with van der Waals surface area (Å²) in [5.74, 6) is 1.63. The molecular formula is C20H22N2O3S2. The second-order valence-corrected chi connectivity index (χ2v) is 7.79. The van der Waals surface area contributed by atoms with Gasteiger partial charge in [0.1, 0.15) is 23.1 Å². The lowest BCUT2D eigenvalue weighted by Gasteiger charge is -2.20. The fraction of sp³-hybridized carbons (Fsp3) is 0.300. The number of hydrogen-bond donors (Lipinski definition) is 0. The molecule has 0 unspecified atom stereocenters. The highest BCUT2D eigenvalue weighted by Gasteiger charge is 2.17. The Balaban J connectivity index is 1.59. The maximum Gasteiger partial charge on any atom is 0.264 e. The number of ether oxygens (including phenoxy) is 2. The maximum atomic E-state index is 12.6. The van der Waals surface area contributed by atoms with Crippen LogP contribution >= 0.6 is 22.7 Å². The Morgan fingerprint density at radius 1 is 1.15 bits per heavy atom. The lowest BCUT2D eigenvalue weighted by atomic mass is 10.3. The Hall–Kier alpha value is -2.38. The van der Waals surface area contributed by atoms with E-state index in [1.54, 1.807) is 18.4 Å². The quantitative estimate of drug-likeness (QED) is 0.514. The van der Waals surface area contributed by atoms with Crippen molar-refractivity contribution in [3.05, 3.63) is 62.7 Å². The van der Waals surface area contributed by atoms with E-state index in [9.17, 15) is 4.79 Å². The van der Waals surface area contributed by atoms with Crippen molar-refractivity contribution in [3.8, 4) is 11.5 Å². The molecule has 0 aliphatic carbocycles. The Morgan fingerprint density at radius 2 is 1.93 bits per heavy atom. The Kier molecular flexibility index (Phi) is 6.84. The van der Waals surface area contributed by atoms with Gasteiger partial charge in [-0.3, -0.25) is 4.79 Å². The van der Waals surface area contributed by atoms with E-state index in [0.29, 0.717) is 19.7 Å². The molecule has 0 atom stereocenters. The van der Waals surface area contributed by atoms with Crippen LogP contribution < -0.4 is 9.47 Å². The maximum absolute atomic E-state index is 12.6. The first-order chi connectivity index (χ1) is 13.2. The molecular weight excluding hydrogens is 380 g/mol. The lowest BCUT2D eigenvalue weighted by molar-refractivity contribution is 0.0746.